The van der Waals surface area contributed by atoms with Crippen LogP contribution in [-0.4, -0.2) is 33.0 Å². The van der Waals surface area contributed by atoms with E-state index in [-0.39, 0.29) is 5.54 Å². The Labute approximate surface area is 128 Å². The zero-order valence-corrected chi connectivity index (χ0v) is 13.9. The maximum atomic E-state index is 6.36. The Morgan fingerprint density at radius 3 is 2.43 bits per heavy atom. The molecule has 0 aliphatic heterocycles. The summed E-state index contributed by atoms with van der Waals surface area (Å²) in [6.45, 7) is 7.67. The first kappa shape index (κ1) is 17.8. The van der Waals surface area contributed by atoms with E-state index in [2.05, 4.69) is 20.8 Å². The van der Waals surface area contributed by atoms with Gasteiger partial charge in [0.2, 0.25) is 0 Å². The van der Waals surface area contributed by atoms with E-state index in [1.54, 1.807) is 14.2 Å². The van der Waals surface area contributed by atoms with E-state index in [9.17, 15) is 0 Å². The minimum Gasteiger partial charge on any atom is -0.493 e. The molecule has 0 spiro atoms. The molecule has 0 radical (unpaired) electrons. The summed E-state index contributed by atoms with van der Waals surface area (Å²) < 4.78 is 16.2. The number of methoxy groups -OCH3 is 2. The summed E-state index contributed by atoms with van der Waals surface area (Å²) in [5, 5.41) is 0. The minimum absolute atomic E-state index is 0.234. The molecule has 1 rings (SSSR count). The molecule has 1 atom stereocenters. The Balaban J connectivity index is 2.79. The van der Waals surface area contributed by atoms with Crippen molar-refractivity contribution in [3.8, 4) is 11.5 Å². The highest BCUT2D eigenvalue weighted by Gasteiger charge is 2.23. The predicted octanol–water partition coefficient (Wildman–Crippen LogP) is 3.03. The molecule has 0 aromatic heterocycles. The maximum Gasteiger partial charge on any atom is 0.161 e. The van der Waals surface area contributed by atoms with Crippen LogP contribution in [0.15, 0.2) is 18.2 Å². The lowest BCUT2D eigenvalue weighted by Gasteiger charge is -2.29. The van der Waals surface area contributed by atoms with Gasteiger partial charge >= 0.3 is 0 Å². The van der Waals surface area contributed by atoms with Crippen LogP contribution in [0.3, 0.4) is 0 Å². The molecule has 0 fully saturated rings. The Morgan fingerprint density at radius 2 is 1.86 bits per heavy atom. The standard InChI is InChI=1S/C17H29NO3/c1-13(2)17(3,18)12-14-7-8-15(20-5)16(11-14)21-10-6-9-19-4/h7-8,11,13H,6,9-10,12,18H2,1-5H3. The number of rotatable bonds is 9. The van der Waals surface area contributed by atoms with Gasteiger partial charge in [-0.3, -0.25) is 0 Å². The van der Waals surface area contributed by atoms with Gasteiger partial charge in [-0.15, -0.1) is 0 Å². The van der Waals surface area contributed by atoms with Crippen molar-refractivity contribution in [2.24, 2.45) is 11.7 Å². The van der Waals surface area contributed by atoms with Gasteiger partial charge in [-0.2, -0.15) is 0 Å². The van der Waals surface area contributed by atoms with Crippen molar-refractivity contribution < 1.29 is 14.2 Å². The molecule has 4 nitrogen and oxygen atoms in total. The van der Waals surface area contributed by atoms with Crippen LogP contribution >= 0.6 is 0 Å². The molecule has 0 heterocycles. The molecule has 0 aliphatic rings. The summed E-state index contributed by atoms with van der Waals surface area (Å²) in [5.41, 5.74) is 7.29. The molecular formula is C17H29NO3. The van der Waals surface area contributed by atoms with Gasteiger partial charge in [0.25, 0.3) is 0 Å². The maximum absolute atomic E-state index is 6.36. The van der Waals surface area contributed by atoms with Crippen LogP contribution in [0.1, 0.15) is 32.8 Å². The van der Waals surface area contributed by atoms with Crippen molar-refractivity contribution in [1.82, 2.24) is 0 Å². The van der Waals surface area contributed by atoms with Crippen molar-refractivity contribution in [3.05, 3.63) is 23.8 Å². The van der Waals surface area contributed by atoms with Gasteiger partial charge in [0.15, 0.2) is 11.5 Å². The Bertz CT molecular complexity index is 430. The quantitative estimate of drug-likeness (QED) is 0.712. The Kier molecular flexibility index (Phi) is 6.99. The van der Waals surface area contributed by atoms with Gasteiger partial charge in [0.1, 0.15) is 0 Å². The van der Waals surface area contributed by atoms with Crippen molar-refractivity contribution in [3.63, 3.8) is 0 Å². The summed E-state index contributed by atoms with van der Waals surface area (Å²) in [5.74, 6) is 1.93. The summed E-state index contributed by atoms with van der Waals surface area (Å²) in [7, 11) is 3.34. The van der Waals surface area contributed by atoms with Crippen LogP contribution in [0.25, 0.3) is 0 Å². The van der Waals surface area contributed by atoms with E-state index in [1.165, 1.54) is 0 Å². The average molecular weight is 295 g/mol. The summed E-state index contributed by atoms with van der Waals surface area (Å²) in [4.78, 5) is 0. The largest absolute Gasteiger partial charge is 0.493 e. The highest BCUT2D eigenvalue weighted by atomic mass is 16.5. The highest BCUT2D eigenvalue weighted by molar-refractivity contribution is 5.43. The second kappa shape index (κ2) is 8.25. The first-order chi connectivity index (χ1) is 9.90. The van der Waals surface area contributed by atoms with Crippen LogP contribution in [0.4, 0.5) is 0 Å². The number of hydrogen-bond acceptors (Lipinski definition) is 4. The van der Waals surface area contributed by atoms with Crippen LogP contribution < -0.4 is 15.2 Å². The van der Waals surface area contributed by atoms with Gasteiger partial charge in [-0.05, 0) is 37.0 Å². The zero-order chi connectivity index (χ0) is 15.9. The molecule has 0 bridgehead atoms. The lowest BCUT2D eigenvalue weighted by Crippen LogP contribution is -2.43. The minimum atomic E-state index is -0.234. The molecule has 21 heavy (non-hydrogen) atoms. The number of ether oxygens (including phenoxy) is 3. The predicted molar refractivity (Wildman–Crippen MR) is 86.1 cm³/mol. The van der Waals surface area contributed by atoms with Gasteiger partial charge in [-0.25, -0.2) is 0 Å². The van der Waals surface area contributed by atoms with E-state index in [4.69, 9.17) is 19.9 Å². The molecular weight excluding hydrogens is 266 g/mol. The second-order valence-electron chi connectivity index (χ2n) is 6.02. The normalized spacial score (nSPS) is 14.0. The van der Waals surface area contributed by atoms with Crippen LogP contribution in [0.5, 0.6) is 11.5 Å². The lowest BCUT2D eigenvalue weighted by atomic mass is 9.83. The first-order valence-electron chi connectivity index (χ1n) is 7.48. The molecule has 4 heteroatoms. The van der Waals surface area contributed by atoms with Gasteiger partial charge < -0.3 is 19.9 Å². The fourth-order valence-corrected chi connectivity index (χ4v) is 1.97. The van der Waals surface area contributed by atoms with E-state index in [0.717, 1.165) is 29.9 Å². The van der Waals surface area contributed by atoms with Gasteiger partial charge in [-0.1, -0.05) is 19.9 Å². The van der Waals surface area contributed by atoms with Crippen molar-refractivity contribution in [1.29, 1.82) is 0 Å². The molecule has 2 N–H and O–H groups in total. The van der Waals surface area contributed by atoms with Gasteiger partial charge in [0, 0.05) is 25.7 Å². The SMILES string of the molecule is COCCCOc1cc(CC(C)(N)C(C)C)ccc1OC. The molecule has 1 aromatic carbocycles. The Hall–Kier alpha value is -1.26. The lowest BCUT2D eigenvalue weighted by molar-refractivity contribution is 0.170. The topological polar surface area (TPSA) is 53.7 Å². The molecule has 0 saturated heterocycles. The summed E-state index contributed by atoms with van der Waals surface area (Å²) in [6, 6.07) is 6.02. The van der Waals surface area contributed by atoms with Crippen molar-refractivity contribution >= 4 is 0 Å². The second-order valence-corrected chi connectivity index (χ2v) is 6.02. The Morgan fingerprint density at radius 1 is 1.14 bits per heavy atom. The highest BCUT2D eigenvalue weighted by Crippen LogP contribution is 2.30. The average Bonchev–Trinajstić information content (AvgIpc) is 2.43. The van der Waals surface area contributed by atoms with Crippen LogP contribution in [0.2, 0.25) is 0 Å². The smallest absolute Gasteiger partial charge is 0.161 e. The van der Waals surface area contributed by atoms with E-state index in [1.807, 2.05) is 18.2 Å². The van der Waals surface area contributed by atoms with E-state index < -0.39 is 0 Å². The number of benzene rings is 1. The fourth-order valence-electron chi connectivity index (χ4n) is 1.97. The van der Waals surface area contributed by atoms with Crippen LogP contribution in [-0.2, 0) is 11.2 Å². The van der Waals surface area contributed by atoms with Gasteiger partial charge in [0.05, 0.1) is 13.7 Å². The zero-order valence-electron chi connectivity index (χ0n) is 13.9. The first-order valence-corrected chi connectivity index (χ1v) is 7.48. The third-order valence-corrected chi connectivity index (χ3v) is 3.88. The summed E-state index contributed by atoms with van der Waals surface area (Å²) >= 11 is 0. The fraction of sp³-hybridized carbons (Fsp3) is 0.647. The third-order valence-electron chi connectivity index (χ3n) is 3.88. The molecule has 1 unspecified atom stereocenters. The molecule has 0 aliphatic carbocycles. The number of hydrogen-bond donors (Lipinski definition) is 1. The molecule has 0 saturated carbocycles. The van der Waals surface area contributed by atoms with Crippen LogP contribution in [0, 0.1) is 5.92 Å². The van der Waals surface area contributed by atoms with Crippen molar-refractivity contribution in [2.75, 3.05) is 27.4 Å². The van der Waals surface area contributed by atoms with E-state index >= 15 is 0 Å². The number of nitrogens with two attached hydrogens (primary N) is 1. The molecule has 0 amide bonds. The monoisotopic (exact) mass is 295 g/mol. The van der Waals surface area contributed by atoms with Crippen molar-refractivity contribution in [2.45, 2.75) is 39.2 Å². The summed E-state index contributed by atoms with van der Waals surface area (Å²) in [6.07, 6.45) is 1.66. The van der Waals surface area contributed by atoms with E-state index in [0.29, 0.717) is 19.1 Å². The third kappa shape index (κ3) is 5.56. The molecule has 1 aromatic rings. The molecule has 120 valence electrons.